The van der Waals surface area contributed by atoms with Gasteiger partial charge in [0.15, 0.2) is 5.16 Å². The Bertz CT molecular complexity index is 195. The molecule has 0 aliphatic rings. The fourth-order valence-corrected chi connectivity index (χ4v) is 0.963. The zero-order chi connectivity index (χ0) is 7.40. The summed E-state index contributed by atoms with van der Waals surface area (Å²) in [5.74, 6) is 0. The van der Waals surface area contributed by atoms with Gasteiger partial charge >= 0.3 is 0 Å². The van der Waals surface area contributed by atoms with E-state index in [2.05, 4.69) is 9.97 Å². The maximum Gasteiger partial charge on any atom is 0.187 e. The molecule has 0 fully saturated rings. The van der Waals surface area contributed by atoms with E-state index in [1.807, 2.05) is 12.3 Å². The van der Waals surface area contributed by atoms with E-state index in [0.29, 0.717) is 6.54 Å². The Hall–Kier alpha value is -0.610. The first kappa shape index (κ1) is 7.50. The van der Waals surface area contributed by atoms with Crippen LogP contribution in [0, 0.1) is 0 Å². The Morgan fingerprint density at radius 1 is 1.70 bits per heavy atom. The normalized spacial score (nSPS) is 9.80. The first-order valence-electron chi connectivity index (χ1n) is 2.93. The van der Waals surface area contributed by atoms with Gasteiger partial charge in [-0.3, -0.25) is 0 Å². The van der Waals surface area contributed by atoms with E-state index in [9.17, 15) is 0 Å². The van der Waals surface area contributed by atoms with Crippen LogP contribution in [0.4, 0.5) is 0 Å². The Balaban J connectivity index is 2.87. The SMILES string of the molecule is CSc1nccc(CN)n1. The zero-order valence-electron chi connectivity index (χ0n) is 5.74. The molecule has 0 aliphatic heterocycles. The highest BCUT2D eigenvalue weighted by Gasteiger charge is 1.93. The third-order valence-electron chi connectivity index (χ3n) is 1.08. The highest BCUT2D eigenvalue weighted by atomic mass is 32.2. The first-order valence-corrected chi connectivity index (χ1v) is 4.15. The monoisotopic (exact) mass is 155 g/mol. The molecule has 1 heterocycles. The van der Waals surface area contributed by atoms with Crippen LogP contribution in [-0.4, -0.2) is 16.2 Å². The number of nitrogens with zero attached hydrogens (tertiary/aromatic N) is 2. The van der Waals surface area contributed by atoms with Crippen molar-refractivity contribution >= 4 is 11.8 Å². The van der Waals surface area contributed by atoms with Crippen molar-refractivity contribution < 1.29 is 0 Å². The van der Waals surface area contributed by atoms with Gasteiger partial charge in [0.05, 0.1) is 5.69 Å². The third-order valence-corrected chi connectivity index (χ3v) is 1.64. The molecule has 0 spiro atoms. The lowest BCUT2D eigenvalue weighted by Gasteiger charge is -1.96. The molecule has 0 saturated carbocycles. The molecular formula is C6H9N3S. The van der Waals surface area contributed by atoms with Crippen molar-refractivity contribution in [1.82, 2.24) is 9.97 Å². The van der Waals surface area contributed by atoms with Gasteiger partial charge in [0.1, 0.15) is 0 Å². The minimum absolute atomic E-state index is 0.482. The van der Waals surface area contributed by atoms with Crippen LogP contribution in [0.3, 0.4) is 0 Å². The lowest BCUT2D eigenvalue weighted by molar-refractivity contribution is 0.876. The Morgan fingerprint density at radius 2 is 2.50 bits per heavy atom. The molecule has 54 valence electrons. The summed E-state index contributed by atoms with van der Waals surface area (Å²) in [5.41, 5.74) is 6.26. The summed E-state index contributed by atoms with van der Waals surface area (Å²) in [6.07, 6.45) is 3.66. The van der Waals surface area contributed by atoms with Crippen molar-refractivity contribution in [2.24, 2.45) is 5.73 Å². The van der Waals surface area contributed by atoms with Crippen LogP contribution < -0.4 is 5.73 Å². The minimum Gasteiger partial charge on any atom is -0.325 e. The summed E-state index contributed by atoms with van der Waals surface area (Å²) in [6, 6.07) is 1.82. The molecule has 10 heavy (non-hydrogen) atoms. The van der Waals surface area contributed by atoms with E-state index in [0.717, 1.165) is 10.9 Å². The highest BCUT2D eigenvalue weighted by molar-refractivity contribution is 7.98. The molecule has 0 unspecified atom stereocenters. The molecule has 0 bridgehead atoms. The summed E-state index contributed by atoms with van der Waals surface area (Å²) in [4.78, 5) is 8.14. The molecular weight excluding hydrogens is 146 g/mol. The maximum absolute atomic E-state index is 5.37. The van der Waals surface area contributed by atoms with Crippen LogP contribution in [0.15, 0.2) is 17.4 Å². The number of aromatic nitrogens is 2. The largest absolute Gasteiger partial charge is 0.325 e. The molecule has 0 amide bonds. The summed E-state index contributed by atoms with van der Waals surface area (Å²) >= 11 is 1.52. The first-order chi connectivity index (χ1) is 4.86. The van der Waals surface area contributed by atoms with E-state index in [1.165, 1.54) is 11.8 Å². The molecule has 1 aromatic rings. The second-order valence-electron chi connectivity index (χ2n) is 1.74. The average Bonchev–Trinajstić information content (AvgIpc) is 2.05. The van der Waals surface area contributed by atoms with E-state index >= 15 is 0 Å². The van der Waals surface area contributed by atoms with Gasteiger partial charge in [0.25, 0.3) is 0 Å². The number of rotatable bonds is 2. The predicted molar refractivity (Wildman–Crippen MR) is 41.7 cm³/mol. The standard InChI is InChI=1S/C6H9N3S/c1-10-6-8-3-2-5(4-7)9-6/h2-3H,4,7H2,1H3. The van der Waals surface area contributed by atoms with Crippen molar-refractivity contribution in [3.05, 3.63) is 18.0 Å². The van der Waals surface area contributed by atoms with Crippen LogP contribution in [0.2, 0.25) is 0 Å². The molecule has 3 nitrogen and oxygen atoms in total. The van der Waals surface area contributed by atoms with Crippen LogP contribution in [-0.2, 0) is 6.54 Å². The number of hydrogen-bond donors (Lipinski definition) is 1. The molecule has 4 heteroatoms. The van der Waals surface area contributed by atoms with Crippen molar-refractivity contribution in [1.29, 1.82) is 0 Å². The van der Waals surface area contributed by atoms with Gasteiger partial charge in [-0.05, 0) is 12.3 Å². The lowest BCUT2D eigenvalue weighted by Crippen LogP contribution is -2.00. The van der Waals surface area contributed by atoms with Gasteiger partial charge in [-0.1, -0.05) is 11.8 Å². The molecule has 0 aromatic carbocycles. The van der Waals surface area contributed by atoms with Gasteiger partial charge in [-0.2, -0.15) is 0 Å². The third kappa shape index (κ3) is 1.68. The van der Waals surface area contributed by atoms with E-state index in [4.69, 9.17) is 5.73 Å². The smallest absolute Gasteiger partial charge is 0.187 e. The topological polar surface area (TPSA) is 51.8 Å². The summed E-state index contributed by atoms with van der Waals surface area (Å²) in [5, 5.41) is 0.781. The van der Waals surface area contributed by atoms with Gasteiger partial charge in [0, 0.05) is 12.7 Å². The highest BCUT2D eigenvalue weighted by Crippen LogP contribution is 2.06. The van der Waals surface area contributed by atoms with E-state index in [-0.39, 0.29) is 0 Å². The summed E-state index contributed by atoms with van der Waals surface area (Å²) in [6.45, 7) is 0.482. The molecule has 0 radical (unpaired) electrons. The molecule has 0 aliphatic carbocycles. The predicted octanol–water partition coefficient (Wildman–Crippen LogP) is 0.657. The minimum atomic E-state index is 0.482. The van der Waals surface area contributed by atoms with Crippen molar-refractivity contribution in [3.8, 4) is 0 Å². The Morgan fingerprint density at radius 3 is 3.10 bits per heavy atom. The molecule has 0 saturated heterocycles. The maximum atomic E-state index is 5.37. The van der Waals surface area contributed by atoms with Crippen molar-refractivity contribution in [2.75, 3.05) is 6.26 Å². The number of nitrogens with two attached hydrogens (primary N) is 1. The Kier molecular flexibility index (Phi) is 2.65. The van der Waals surface area contributed by atoms with Gasteiger partial charge in [-0.25, -0.2) is 9.97 Å². The van der Waals surface area contributed by atoms with E-state index < -0.39 is 0 Å². The second kappa shape index (κ2) is 3.53. The summed E-state index contributed by atoms with van der Waals surface area (Å²) < 4.78 is 0. The van der Waals surface area contributed by atoms with E-state index in [1.54, 1.807) is 6.20 Å². The summed E-state index contributed by atoms with van der Waals surface area (Å²) in [7, 11) is 0. The van der Waals surface area contributed by atoms with Gasteiger partial charge in [0.2, 0.25) is 0 Å². The van der Waals surface area contributed by atoms with Crippen LogP contribution >= 0.6 is 11.8 Å². The van der Waals surface area contributed by atoms with Gasteiger partial charge < -0.3 is 5.73 Å². The second-order valence-corrected chi connectivity index (χ2v) is 2.51. The van der Waals surface area contributed by atoms with Crippen LogP contribution in [0.25, 0.3) is 0 Å². The van der Waals surface area contributed by atoms with Crippen LogP contribution in [0.1, 0.15) is 5.69 Å². The lowest BCUT2D eigenvalue weighted by atomic mass is 10.4. The van der Waals surface area contributed by atoms with Crippen molar-refractivity contribution in [3.63, 3.8) is 0 Å². The van der Waals surface area contributed by atoms with Gasteiger partial charge in [-0.15, -0.1) is 0 Å². The Labute approximate surface area is 64.1 Å². The molecule has 1 aromatic heterocycles. The quantitative estimate of drug-likeness (QED) is 0.503. The molecule has 2 N–H and O–H groups in total. The molecule has 0 atom stereocenters. The van der Waals surface area contributed by atoms with Crippen LogP contribution in [0.5, 0.6) is 0 Å². The fraction of sp³-hybridized carbons (Fsp3) is 0.333. The number of hydrogen-bond acceptors (Lipinski definition) is 4. The fourth-order valence-electron chi connectivity index (χ4n) is 0.588. The zero-order valence-corrected chi connectivity index (χ0v) is 6.56. The number of thioether (sulfide) groups is 1. The van der Waals surface area contributed by atoms with Crippen molar-refractivity contribution in [2.45, 2.75) is 11.7 Å². The molecule has 1 rings (SSSR count). The average molecular weight is 155 g/mol.